The Bertz CT molecular complexity index is 1010. The van der Waals surface area contributed by atoms with Gasteiger partial charge in [-0.3, -0.25) is 14.9 Å². The van der Waals surface area contributed by atoms with Gasteiger partial charge in [0.2, 0.25) is 5.91 Å². The van der Waals surface area contributed by atoms with Gasteiger partial charge in [-0.15, -0.1) is 11.3 Å². The Balaban J connectivity index is 1.57. The Morgan fingerprint density at radius 1 is 1.22 bits per heavy atom. The summed E-state index contributed by atoms with van der Waals surface area (Å²) in [6, 6.07) is 14.3. The van der Waals surface area contributed by atoms with Crippen LogP contribution < -0.4 is 0 Å². The van der Waals surface area contributed by atoms with Gasteiger partial charge in [0.15, 0.2) is 0 Å². The van der Waals surface area contributed by atoms with E-state index >= 15 is 0 Å². The molecule has 2 aromatic carbocycles. The Morgan fingerprint density at radius 2 is 2.00 bits per heavy atom. The lowest BCUT2D eigenvalue weighted by molar-refractivity contribution is -0.385. The van der Waals surface area contributed by atoms with E-state index in [-0.39, 0.29) is 17.6 Å². The number of nitro groups is 1. The summed E-state index contributed by atoms with van der Waals surface area (Å²) in [6.07, 6.45) is 4.75. The number of likely N-dealkylation sites (tertiary alicyclic amines) is 1. The molecule has 1 unspecified atom stereocenters. The molecule has 0 spiro atoms. The summed E-state index contributed by atoms with van der Waals surface area (Å²) in [4.78, 5) is 29.9. The molecule has 1 aliphatic rings. The molecule has 0 bridgehead atoms. The maximum Gasteiger partial charge on any atom is 0.276 e. The number of nitro benzene ring substituents is 1. The molecule has 0 aliphatic carbocycles. The summed E-state index contributed by atoms with van der Waals surface area (Å²) in [6.45, 7) is 0.667. The summed E-state index contributed by atoms with van der Waals surface area (Å²) >= 11 is 1.62. The third kappa shape index (κ3) is 3.46. The highest BCUT2D eigenvalue weighted by atomic mass is 32.1. The molecule has 1 fully saturated rings. The van der Waals surface area contributed by atoms with E-state index in [1.807, 2.05) is 29.2 Å². The maximum absolute atomic E-state index is 12.7. The number of carbonyl (C=O) groups is 1. The van der Waals surface area contributed by atoms with Crippen molar-refractivity contribution in [3.63, 3.8) is 0 Å². The van der Waals surface area contributed by atoms with E-state index in [4.69, 9.17) is 4.98 Å². The van der Waals surface area contributed by atoms with Gasteiger partial charge in [0.05, 0.1) is 26.7 Å². The minimum Gasteiger partial charge on any atom is -0.330 e. The summed E-state index contributed by atoms with van der Waals surface area (Å²) in [7, 11) is 0. The molecule has 1 saturated heterocycles. The van der Waals surface area contributed by atoms with Crippen LogP contribution >= 0.6 is 11.3 Å². The summed E-state index contributed by atoms with van der Waals surface area (Å²) in [5.41, 5.74) is 1.37. The fourth-order valence-corrected chi connectivity index (χ4v) is 4.49. The van der Waals surface area contributed by atoms with Crippen LogP contribution in [0.4, 0.5) is 5.69 Å². The normalized spacial score (nSPS) is 17.0. The Kier molecular flexibility index (Phi) is 4.68. The van der Waals surface area contributed by atoms with Crippen molar-refractivity contribution in [1.29, 1.82) is 0 Å². The van der Waals surface area contributed by atoms with E-state index in [1.165, 1.54) is 18.2 Å². The van der Waals surface area contributed by atoms with Crippen molar-refractivity contribution >= 4 is 39.2 Å². The molecule has 3 aromatic rings. The number of hydrogen-bond donors (Lipinski definition) is 0. The van der Waals surface area contributed by atoms with Gasteiger partial charge in [0.25, 0.3) is 5.69 Å². The lowest BCUT2D eigenvalue weighted by Crippen LogP contribution is -2.28. The molecule has 1 atom stereocenters. The van der Waals surface area contributed by atoms with Gasteiger partial charge in [-0.1, -0.05) is 24.3 Å². The molecule has 136 valence electrons. The van der Waals surface area contributed by atoms with Crippen LogP contribution in [0.25, 0.3) is 16.3 Å². The van der Waals surface area contributed by atoms with Crippen molar-refractivity contribution in [2.75, 3.05) is 6.54 Å². The predicted octanol–water partition coefficient (Wildman–Crippen LogP) is 4.58. The highest BCUT2D eigenvalue weighted by molar-refractivity contribution is 7.18. The van der Waals surface area contributed by atoms with E-state index < -0.39 is 4.92 Å². The number of fused-ring (bicyclic) bond motifs is 1. The zero-order chi connectivity index (χ0) is 18.8. The minimum atomic E-state index is -0.441. The molecule has 6 nitrogen and oxygen atoms in total. The van der Waals surface area contributed by atoms with Gasteiger partial charge < -0.3 is 4.90 Å². The molecule has 1 aromatic heterocycles. The lowest BCUT2D eigenvalue weighted by Gasteiger charge is -2.21. The van der Waals surface area contributed by atoms with Crippen LogP contribution in [0.1, 0.15) is 29.5 Å². The van der Waals surface area contributed by atoms with Crippen molar-refractivity contribution in [2.45, 2.75) is 18.9 Å². The number of para-hydroxylation sites is 2. The van der Waals surface area contributed by atoms with Gasteiger partial charge >= 0.3 is 0 Å². The molecule has 1 amide bonds. The second kappa shape index (κ2) is 7.28. The zero-order valence-electron chi connectivity index (χ0n) is 14.4. The lowest BCUT2D eigenvalue weighted by atomic mass is 10.1. The second-order valence-electron chi connectivity index (χ2n) is 6.36. The number of amides is 1. The molecule has 27 heavy (non-hydrogen) atoms. The van der Waals surface area contributed by atoms with Gasteiger partial charge in [-0.25, -0.2) is 4.98 Å². The standard InChI is InChI=1S/C20H17N3O3S/c24-19(12-11-14-6-1-3-8-16(14)23(25)26)22-13-5-9-17(22)20-21-15-7-2-4-10-18(15)27-20/h1-4,6-8,10-12,17H,5,9,13H2. The molecule has 0 saturated carbocycles. The quantitative estimate of drug-likeness (QED) is 0.378. The van der Waals surface area contributed by atoms with Crippen LogP contribution in [0.2, 0.25) is 0 Å². The number of nitrogens with zero attached hydrogens (tertiary/aromatic N) is 3. The Hall–Kier alpha value is -3.06. The monoisotopic (exact) mass is 379 g/mol. The van der Waals surface area contributed by atoms with Crippen molar-refractivity contribution < 1.29 is 9.72 Å². The number of carbonyl (C=O) groups excluding carboxylic acids is 1. The number of benzene rings is 2. The number of hydrogen-bond acceptors (Lipinski definition) is 5. The third-order valence-corrected chi connectivity index (χ3v) is 5.81. The SMILES string of the molecule is O=C(C=Cc1ccccc1[N+](=O)[O-])N1CCCC1c1nc2ccccc2s1. The number of aromatic nitrogens is 1. The Morgan fingerprint density at radius 3 is 2.81 bits per heavy atom. The van der Waals surface area contributed by atoms with Crippen LogP contribution in [0.5, 0.6) is 0 Å². The van der Waals surface area contributed by atoms with Crippen LogP contribution in [0.15, 0.2) is 54.6 Å². The van der Waals surface area contributed by atoms with Gasteiger partial charge in [0.1, 0.15) is 5.01 Å². The first-order valence-electron chi connectivity index (χ1n) is 8.71. The molecular weight excluding hydrogens is 362 g/mol. The van der Waals surface area contributed by atoms with Crippen LogP contribution in [0.3, 0.4) is 0 Å². The van der Waals surface area contributed by atoms with Crippen LogP contribution in [-0.4, -0.2) is 27.3 Å². The minimum absolute atomic E-state index is 0.00862. The summed E-state index contributed by atoms with van der Waals surface area (Å²) in [5.74, 6) is -0.144. The largest absolute Gasteiger partial charge is 0.330 e. The van der Waals surface area contributed by atoms with Gasteiger partial charge in [-0.2, -0.15) is 0 Å². The average Bonchev–Trinajstić information content (AvgIpc) is 3.32. The molecule has 0 N–H and O–H groups in total. The van der Waals surface area contributed by atoms with Crippen LogP contribution in [-0.2, 0) is 4.79 Å². The molecule has 4 rings (SSSR count). The fraction of sp³-hybridized carbons (Fsp3) is 0.200. The Labute approximate surface area is 159 Å². The highest BCUT2D eigenvalue weighted by Gasteiger charge is 2.31. The first-order valence-corrected chi connectivity index (χ1v) is 9.53. The summed E-state index contributed by atoms with van der Waals surface area (Å²) < 4.78 is 1.11. The predicted molar refractivity (Wildman–Crippen MR) is 105 cm³/mol. The van der Waals surface area contributed by atoms with E-state index in [9.17, 15) is 14.9 Å². The van der Waals surface area contributed by atoms with Crippen molar-refractivity contribution in [2.24, 2.45) is 0 Å². The molecular formula is C20H17N3O3S. The summed E-state index contributed by atoms with van der Waals surface area (Å²) in [5, 5.41) is 12.1. The average molecular weight is 379 g/mol. The van der Waals surface area contributed by atoms with E-state index in [0.29, 0.717) is 12.1 Å². The van der Waals surface area contributed by atoms with Crippen molar-refractivity contribution in [1.82, 2.24) is 9.88 Å². The maximum atomic E-state index is 12.7. The molecule has 1 aliphatic heterocycles. The van der Waals surface area contributed by atoms with E-state index in [1.54, 1.807) is 29.5 Å². The van der Waals surface area contributed by atoms with Crippen LogP contribution in [0, 0.1) is 10.1 Å². The van der Waals surface area contributed by atoms with E-state index in [2.05, 4.69) is 0 Å². The highest BCUT2D eigenvalue weighted by Crippen LogP contribution is 2.36. The molecule has 2 heterocycles. The second-order valence-corrected chi connectivity index (χ2v) is 7.42. The third-order valence-electron chi connectivity index (χ3n) is 4.67. The topological polar surface area (TPSA) is 76.3 Å². The molecule has 0 radical (unpaired) electrons. The molecule has 7 heteroatoms. The smallest absolute Gasteiger partial charge is 0.276 e. The first-order chi connectivity index (χ1) is 13.1. The number of thiazole rings is 1. The fourth-order valence-electron chi connectivity index (χ4n) is 3.37. The number of rotatable bonds is 4. The van der Waals surface area contributed by atoms with Gasteiger partial charge in [0, 0.05) is 18.7 Å². The van der Waals surface area contributed by atoms with Gasteiger partial charge in [-0.05, 0) is 37.1 Å². The van der Waals surface area contributed by atoms with E-state index in [0.717, 1.165) is 28.1 Å². The zero-order valence-corrected chi connectivity index (χ0v) is 15.3. The van der Waals surface area contributed by atoms with Crippen molar-refractivity contribution in [3.05, 3.63) is 75.3 Å². The van der Waals surface area contributed by atoms with Crippen molar-refractivity contribution in [3.8, 4) is 0 Å². The first kappa shape index (κ1) is 17.4.